The Labute approximate surface area is 148 Å². The second kappa shape index (κ2) is 5.82. The van der Waals surface area contributed by atoms with Crippen molar-refractivity contribution in [3.63, 3.8) is 0 Å². The third-order valence-electron chi connectivity index (χ3n) is 3.84. The van der Waals surface area contributed by atoms with Crippen LogP contribution in [0.15, 0.2) is 60.9 Å². The molecule has 4 rings (SSSR count). The lowest BCUT2D eigenvalue weighted by Gasteiger charge is -2.13. The summed E-state index contributed by atoms with van der Waals surface area (Å²) in [6.45, 7) is 0. The number of aromatic nitrogens is 3. The van der Waals surface area contributed by atoms with E-state index in [0.29, 0.717) is 21.4 Å². The van der Waals surface area contributed by atoms with Gasteiger partial charge in [0, 0.05) is 32.9 Å². The molecule has 2 aromatic carbocycles. The molecule has 0 radical (unpaired) electrons. The van der Waals surface area contributed by atoms with Crippen molar-refractivity contribution in [3.8, 4) is 22.4 Å². The minimum Gasteiger partial charge on any atom is -0.394 e. The molecule has 0 fully saturated rings. The van der Waals surface area contributed by atoms with Crippen LogP contribution in [0.5, 0.6) is 0 Å². The zero-order chi connectivity index (χ0) is 16.7. The van der Waals surface area contributed by atoms with Crippen LogP contribution in [0.25, 0.3) is 28.0 Å². The van der Waals surface area contributed by atoms with Crippen molar-refractivity contribution < 1.29 is 0 Å². The molecule has 0 atom stereocenters. The SMILES string of the molecule is Nc1cnn2c(-c3ccc(Cl)cc3)c(-c3ccccc3Cl)cnc12. The van der Waals surface area contributed by atoms with Crippen molar-refractivity contribution in [1.82, 2.24) is 14.6 Å². The van der Waals surface area contributed by atoms with Crippen LogP contribution in [-0.2, 0) is 0 Å². The van der Waals surface area contributed by atoms with Gasteiger partial charge in [-0.3, -0.25) is 0 Å². The zero-order valence-corrected chi connectivity index (χ0v) is 14.0. The normalized spacial score (nSPS) is 11.1. The fourth-order valence-electron chi connectivity index (χ4n) is 2.71. The summed E-state index contributed by atoms with van der Waals surface area (Å²) in [5.74, 6) is 0. The number of anilines is 1. The molecule has 0 spiro atoms. The molecule has 0 aliphatic carbocycles. The van der Waals surface area contributed by atoms with Gasteiger partial charge in [-0.2, -0.15) is 5.10 Å². The molecule has 4 aromatic rings. The van der Waals surface area contributed by atoms with Crippen molar-refractivity contribution in [1.29, 1.82) is 0 Å². The third-order valence-corrected chi connectivity index (χ3v) is 4.42. The van der Waals surface area contributed by atoms with Crippen molar-refractivity contribution in [2.45, 2.75) is 0 Å². The van der Waals surface area contributed by atoms with Gasteiger partial charge < -0.3 is 5.73 Å². The summed E-state index contributed by atoms with van der Waals surface area (Å²) < 4.78 is 1.73. The van der Waals surface area contributed by atoms with Crippen LogP contribution < -0.4 is 5.73 Å². The fourth-order valence-corrected chi connectivity index (χ4v) is 3.07. The Hall–Kier alpha value is -2.56. The molecule has 4 nitrogen and oxygen atoms in total. The van der Waals surface area contributed by atoms with Gasteiger partial charge in [-0.05, 0) is 18.2 Å². The van der Waals surface area contributed by atoms with E-state index in [1.807, 2.05) is 48.5 Å². The van der Waals surface area contributed by atoms with E-state index in [-0.39, 0.29) is 0 Å². The summed E-state index contributed by atoms with van der Waals surface area (Å²) in [7, 11) is 0. The largest absolute Gasteiger partial charge is 0.394 e. The van der Waals surface area contributed by atoms with Crippen LogP contribution in [0.2, 0.25) is 10.0 Å². The minimum absolute atomic E-state index is 0.524. The van der Waals surface area contributed by atoms with Gasteiger partial charge >= 0.3 is 0 Å². The quantitative estimate of drug-likeness (QED) is 0.553. The van der Waals surface area contributed by atoms with Crippen LogP contribution in [0.1, 0.15) is 0 Å². The first-order valence-electron chi connectivity index (χ1n) is 7.28. The second-order valence-electron chi connectivity index (χ2n) is 5.34. The Morgan fingerprint density at radius 3 is 2.38 bits per heavy atom. The molecular formula is C18H12Cl2N4. The highest BCUT2D eigenvalue weighted by molar-refractivity contribution is 6.33. The number of halogens is 2. The van der Waals surface area contributed by atoms with Crippen LogP contribution in [0.3, 0.4) is 0 Å². The van der Waals surface area contributed by atoms with E-state index in [1.165, 1.54) is 0 Å². The Morgan fingerprint density at radius 2 is 1.62 bits per heavy atom. The van der Waals surface area contributed by atoms with Gasteiger partial charge in [0.05, 0.1) is 17.6 Å². The maximum Gasteiger partial charge on any atom is 0.178 e. The molecule has 24 heavy (non-hydrogen) atoms. The number of hydrogen-bond donors (Lipinski definition) is 1. The molecule has 0 aliphatic rings. The molecule has 2 aromatic heterocycles. The summed E-state index contributed by atoms with van der Waals surface area (Å²) in [5, 5.41) is 5.70. The molecule has 118 valence electrons. The summed E-state index contributed by atoms with van der Waals surface area (Å²) in [5.41, 5.74) is 10.7. The maximum atomic E-state index is 6.40. The monoisotopic (exact) mass is 354 g/mol. The summed E-state index contributed by atoms with van der Waals surface area (Å²) in [4.78, 5) is 4.45. The lowest BCUT2D eigenvalue weighted by Crippen LogP contribution is -2.00. The lowest BCUT2D eigenvalue weighted by atomic mass is 10.0. The predicted octanol–water partition coefficient (Wildman–Crippen LogP) is 4.95. The van der Waals surface area contributed by atoms with Crippen molar-refractivity contribution >= 4 is 34.5 Å². The molecule has 6 heteroatoms. The molecule has 0 unspecified atom stereocenters. The second-order valence-corrected chi connectivity index (χ2v) is 6.19. The first-order chi connectivity index (χ1) is 11.6. The number of benzene rings is 2. The molecule has 0 aliphatic heterocycles. The lowest BCUT2D eigenvalue weighted by molar-refractivity contribution is 0.950. The van der Waals surface area contributed by atoms with Gasteiger partial charge in [0.25, 0.3) is 0 Å². The average molecular weight is 355 g/mol. The Morgan fingerprint density at radius 1 is 0.875 bits per heavy atom. The molecule has 2 N–H and O–H groups in total. The van der Waals surface area contributed by atoms with Gasteiger partial charge in [-0.15, -0.1) is 0 Å². The smallest absolute Gasteiger partial charge is 0.178 e. The highest BCUT2D eigenvalue weighted by Gasteiger charge is 2.17. The van der Waals surface area contributed by atoms with E-state index in [9.17, 15) is 0 Å². The number of rotatable bonds is 2. The standard InChI is InChI=1S/C18H12Cl2N4/c19-12-7-5-11(6-8-12)17-14(13-3-1-2-4-15(13)20)9-22-18-16(21)10-23-24(17)18/h1-10H,21H2. The topological polar surface area (TPSA) is 56.2 Å². The molecule has 0 amide bonds. The summed E-state index contributed by atoms with van der Waals surface area (Å²) in [6, 6.07) is 15.2. The molecule has 2 heterocycles. The Balaban J connectivity index is 2.09. The van der Waals surface area contributed by atoms with Crippen molar-refractivity contribution in [2.75, 3.05) is 5.73 Å². The first-order valence-corrected chi connectivity index (χ1v) is 8.04. The van der Waals surface area contributed by atoms with Gasteiger partial charge in [0.15, 0.2) is 5.65 Å². The van der Waals surface area contributed by atoms with Crippen molar-refractivity contribution in [3.05, 3.63) is 71.0 Å². The molecule has 0 saturated carbocycles. The molecule has 0 bridgehead atoms. The molecule has 0 saturated heterocycles. The average Bonchev–Trinajstić information content (AvgIpc) is 2.97. The van der Waals surface area contributed by atoms with E-state index in [2.05, 4.69) is 10.1 Å². The number of hydrogen-bond acceptors (Lipinski definition) is 3. The van der Waals surface area contributed by atoms with Crippen LogP contribution >= 0.6 is 23.2 Å². The molecular weight excluding hydrogens is 343 g/mol. The zero-order valence-electron chi connectivity index (χ0n) is 12.4. The third kappa shape index (κ3) is 2.40. The number of nitrogens with zero attached hydrogens (tertiary/aromatic N) is 3. The number of fused-ring (bicyclic) bond motifs is 1. The highest BCUT2D eigenvalue weighted by atomic mass is 35.5. The van der Waals surface area contributed by atoms with Gasteiger partial charge in [0.1, 0.15) is 0 Å². The summed E-state index contributed by atoms with van der Waals surface area (Å²) >= 11 is 12.4. The fraction of sp³-hybridized carbons (Fsp3) is 0. The van der Waals surface area contributed by atoms with Crippen LogP contribution in [0.4, 0.5) is 5.69 Å². The van der Waals surface area contributed by atoms with Crippen molar-refractivity contribution in [2.24, 2.45) is 0 Å². The predicted molar refractivity (Wildman–Crippen MR) is 98.3 cm³/mol. The van der Waals surface area contributed by atoms with E-state index in [1.54, 1.807) is 16.9 Å². The summed E-state index contributed by atoms with van der Waals surface area (Å²) in [6.07, 6.45) is 3.37. The number of nitrogens with two attached hydrogens (primary N) is 1. The first kappa shape index (κ1) is 15.0. The van der Waals surface area contributed by atoms with Crippen LogP contribution in [-0.4, -0.2) is 14.6 Å². The van der Waals surface area contributed by atoms with E-state index in [4.69, 9.17) is 28.9 Å². The van der Waals surface area contributed by atoms with E-state index < -0.39 is 0 Å². The minimum atomic E-state index is 0.524. The van der Waals surface area contributed by atoms with Gasteiger partial charge in [0.2, 0.25) is 0 Å². The maximum absolute atomic E-state index is 6.40. The Bertz CT molecular complexity index is 1040. The van der Waals surface area contributed by atoms with Crippen LogP contribution in [0, 0.1) is 0 Å². The van der Waals surface area contributed by atoms with E-state index >= 15 is 0 Å². The van der Waals surface area contributed by atoms with Gasteiger partial charge in [-0.1, -0.05) is 53.5 Å². The highest BCUT2D eigenvalue weighted by Crippen LogP contribution is 2.36. The van der Waals surface area contributed by atoms with Gasteiger partial charge in [-0.25, -0.2) is 9.50 Å². The van der Waals surface area contributed by atoms with E-state index in [0.717, 1.165) is 22.4 Å². The number of nitrogen functional groups attached to an aromatic ring is 1. The Kier molecular flexibility index (Phi) is 3.63.